The number of carbonyl (C=O) groups is 3. The van der Waals surface area contributed by atoms with Gasteiger partial charge in [0.05, 0.1) is 0 Å². The number of unbranched alkanes of at least 4 members (excludes halogenated alkanes) is 11. The van der Waals surface area contributed by atoms with E-state index in [0.29, 0.717) is 6.42 Å². The summed E-state index contributed by atoms with van der Waals surface area (Å²) in [7, 11) is 0. The smallest absolute Gasteiger partial charge is 0.327 e. The van der Waals surface area contributed by atoms with Crippen LogP contribution in [-0.4, -0.2) is 39.6 Å². The topological polar surface area (TPSA) is 74.7 Å². The molecule has 0 spiro atoms. The molecule has 0 aromatic heterocycles. The second-order valence-electron chi connectivity index (χ2n) is 7.65. The average Bonchev–Trinajstić information content (AvgIpc) is 2.68. The molecule has 0 saturated carbocycles. The largest absolute Gasteiger partial charge is 0.480 e. The fourth-order valence-electron chi connectivity index (χ4n) is 3.31. The lowest BCUT2D eigenvalue weighted by Crippen LogP contribution is -2.48. The molecule has 0 heterocycles. The highest BCUT2D eigenvalue weighted by atomic mass is 32.1. The minimum absolute atomic E-state index is 0.0764. The maximum Gasteiger partial charge on any atom is 0.327 e. The first-order valence-electron chi connectivity index (χ1n) is 11.3. The molecule has 0 aliphatic heterocycles. The predicted octanol–water partition coefficient (Wildman–Crippen LogP) is 5.78. The van der Waals surface area contributed by atoms with E-state index in [1.54, 1.807) is 0 Å². The van der Waals surface area contributed by atoms with Gasteiger partial charge in [-0.2, -0.15) is 12.6 Å². The van der Waals surface area contributed by atoms with Crippen LogP contribution in [0.5, 0.6) is 0 Å². The number of aliphatic carboxylic acids is 1. The van der Waals surface area contributed by atoms with Gasteiger partial charge in [-0.25, -0.2) is 4.79 Å². The van der Waals surface area contributed by atoms with E-state index < -0.39 is 23.8 Å². The molecule has 0 radical (unpaired) electrons. The summed E-state index contributed by atoms with van der Waals surface area (Å²) in [6, 6.07) is -1.19. The summed E-state index contributed by atoms with van der Waals surface area (Å²) in [4.78, 5) is 35.9. The van der Waals surface area contributed by atoms with E-state index in [2.05, 4.69) is 31.7 Å². The number of carbonyl (C=O) groups excluding carboxylic acids is 2. The Kier molecular flexibility index (Phi) is 17.9. The van der Waals surface area contributed by atoms with Crippen molar-refractivity contribution in [3.8, 4) is 0 Å². The zero-order valence-electron chi connectivity index (χ0n) is 18.4. The number of imide groups is 1. The van der Waals surface area contributed by atoms with Crippen molar-refractivity contribution in [2.45, 2.75) is 110 Å². The van der Waals surface area contributed by atoms with E-state index in [0.717, 1.165) is 37.0 Å². The number of rotatable bonds is 18. The highest BCUT2D eigenvalue weighted by Crippen LogP contribution is 2.12. The summed E-state index contributed by atoms with van der Waals surface area (Å²) >= 11 is 3.95. The molecule has 0 rings (SSSR count). The number of thiol groups is 1. The summed E-state index contributed by atoms with van der Waals surface area (Å²) in [5.41, 5.74) is 0. The third-order valence-corrected chi connectivity index (χ3v) is 5.38. The monoisotopic (exact) mass is 427 g/mol. The van der Waals surface area contributed by atoms with Crippen LogP contribution in [-0.2, 0) is 14.4 Å². The Bertz CT molecular complexity index is 493. The molecule has 1 atom stereocenters. The highest BCUT2D eigenvalue weighted by molar-refractivity contribution is 7.80. The van der Waals surface area contributed by atoms with Crippen molar-refractivity contribution < 1.29 is 19.5 Å². The standard InChI is InChI=1S/C23H41NO4S/c1-3-4-5-6-7-8-9-10-11-12-13-14-15-16-17-18-22(26)24(20(2)25)21(19-29)23(27)28/h10-11,21,29H,3-9,12-19H2,1-2H3,(H,27,28)/t21-/m0/s1. The first-order valence-corrected chi connectivity index (χ1v) is 11.9. The lowest BCUT2D eigenvalue weighted by molar-refractivity contribution is -0.156. The normalized spacial score (nSPS) is 12.2. The number of allylic oxidation sites excluding steroid dienone is 2. The maximum atomic E-state index is 12.2. The van der Waals surface area contributed by atoms with Crippen LogP contribution < -0.4 is 0 Å². The van der Waals surface area contributed by atoms with Gasteiger partial charge in [-0.3, -0.25) is 14.5 Å². The number of hydrogen-bond acceptors (Lipinski definition) is 4. The van der Waals surface area contributed by atoms with Crippen LogP contribution in [0.3, 0.4) is 0 Å². The molecule has 0 bridgehead atoms. The Hall–Kier alpha value is -1.30. The van der Waals surface area contributed by atoms with Gasteiger partial charge < -0.3 is 5.11 Å². The second-order valence-corrected chi connectivity index (χ2v) is 8.02. The zero-order valence-corrected chi connectivity index (χ0v) is 19.3. The highest BCUT2D eigenvalue weighted by Gasteiger charge is 2.31. The molecule has 6 heteroatoms. The molecule has 0 unspecified atom stereocenters. The van der Waals surface area contributed by atoms with Crippen LogP contribution in [0.4, 0.5) is 0 Å². The van der Waals surface area contributed by atoms with Crippen LogP contribution in [0, 0.1) is 0 Å². The van der Waals surface area contributed by atoms with Crippen LogP contribution in [0.25, 0.3) is 0 Å². The Labute approximate surface area is 182 Å². The maximum absolute atomic E-state index is 12.2. The number of carboxylic acids is 1. The van der Waals surface area contributed by atoms with Crippen molar-refractivity contribution in [1.82, 2.24) is 4.90 Å². The van der Waals surface area contributed by atoms with Gasteiger partial charge in [0.15, 0.2) is 0 Å². The number of carboxylic acid groups (broad SMARTS) is 1. The van der Waals surface area contributed by atoms with Crippen molar-refractivity contribution in [3.63, 3.8) is 0 Å². The summed E-state index contributed by atoms with van der Waals surface area (Å²) in [5.74, 6) is -2.23. The Balaban J connectivity index is 3.75. The molecule has 0 aliphatic carbocycles. The third kappa shape index (κ3) is 14.3. The molecule has 5 nitrogen and oxygen atoms in total. The molecule has 2 amide bonds. The van der Waals surface area contributed by atoms with Crippen molar-refractivity contribution in [3.05, 3.63) is 12.2 Å². The average molecular weight is 428 g/mol. The molecular formula is C23H41NO4S. The number of amides is 2. The van der Waals surface area contributed by atoms with Crippen LogP contribution in [0.1, 0.15) is 104 Å². The minimum Gasteiger partial charge on any atom is -0.480 e. The quantitative estimate of drug-likeness (QED) is 0.165. The minimum atomic E-state index is -1.20. The first kappa shape index (κ1) is 27.7. The van der Waals surface area contributed by atoms with E-state index in [4.69, 9.17) is 5.11 Å². The SMILES string of the molecule is CCCCCCCCC=CCCCCCCCC(=O)N(C(C)=O)[C@@H](CS)C(=O)O. The molecule has 0 aliphatic rings. The molecule has 0 saturated heterocycles. The van der Waals surface area contributed by atoms with Crippen molar-refractivity contribution in [2.75, 3.05) is 5.75 Å². The van der Waals surface area contributed by atoms with Crippen LogP contribution in [0.15, 0.2) is 12.2 Å². The van der Waals surface area contributed by atoms with E-state index in [-0.39, 0.29) is 12.2 Å². The number of hydrogen-bond donors (Lipinski definition) is 2. The van der Waals surface area contributed by atoms with Gasteiger partial charge in [0, 0.05) is 19.1 Å². The Morgan fingerprint density at radius 2 is 1.34 bits per heavy atom. The van der Waals surface area contributed by atoms with Gasteiger partial charge in [-0.05, 0) is 32.1 Å². The van der Waals surface area contributed by atoms with Crippen molar-refractivity contribution in [2.24, 2.45) is 0 Å². The molecule has 0 fully saturated rings. The molecule has 1 N–H and O–H groups in total. The molecule has 0 aromatic carbocycles. The lowest BCUT2D eigenvalue weighted by atomic mass is 10.1. The van der Waals surface area contributed by atoms with E-state index in [1.807, 2.05) is 0 Å². The van der Waals surface area contributed by atoms with Crippen molar-refractivity contribution in [1.29, 1.82) is 0 Å². The van der Waals surface area contributed by atoms with Gasteiger partial charge in [0.2, 0.25) is 11.8 Å². The predicted molar refractivity (Wildman–Crippen MR) is 122 cm³/mol. The van der Waals surface area contributed by atoms with E-state index in [9.17, 15) is 14.4 Å². The molecule has 0 aromatic rings. The van der Waals surface area contributed by atoms with E-state index in [1.165, 1.54) is 51.9 Å². The van der Waals surface area contributed by atoms with Crippen LogP contribution >= 0.6 is 12.6 Å². The van der Waals surface area contributed by atoms with Gasteiger partial charge in [0.25, 0.3) is 0 Å². The fraction of sp³-hybridized carbons (Fsp3) is 0.783. The first-order chi connectivity index (χ1) is 14.0. The molecule has 29 heavy (non-hydrogen) atoms. The Morgan fingerprint density at radius 3 is 1.79 bits per heavy atom. The van der Waals surface area contributed by atoms with Gasteiger partial charge >= 0.3 is 5.97 Å². The van der Waals surface area contributed by atoms with Gasteiger partial charge in [-0.1, -0.05) is 70.4 Å². The summed E-state index contributed by atoms with van der Waals surface area (Å²) in [6.07, 6.45) is 20.0. The summed E-state index contributed by atoms with van der Waals surface area (Å²) < 4.78 is 0. The third-order valence-electron chi connectivity index (χ3n) is 5.03. The van der Waals surface area contributed by atoms with Gasteiger partial charge in [-0.15, -0.1) is 0 Å². The Morgan fingerprint density at radius 1 is 0.862 bits per heavy atom. The summed E-state index contributed by atoms with van der Waals surface area (Å²) in [5, 5.41) is 9.14. The van der Waals surface area contributed by atoms with E-state index >= 15 is 0 Å². The lowest BCUT2D eigenvalue weighted by Gasteiger charge is -2.24. The van der Waals surface area contributed by atoms with Crippen LogP contribution in [0.2, 0.25) is 0 Å². The molecular weight excluding hydrogens is 386 g/mol. The second kappa shape index (κ2) is 18.7. The number of nitrogens with zero attached hydrogens (tertiary/aromatic N) is 1. The zero-order chi connectivity index (χ0) is 21.9. The summed E-state index contributed by atoms with van der Waals surface area (Å²) in [6.45, 7) is 3.46. The van der Waals surface area contributed by atoms with Gasteiger partial charge in [0.1, 0.15) is 6.04 Å². The van der Waals surface area contributed by atoms with Crippen molar-refractivity contribution >= 4 is 30.4 Å². The fourth-order valence-corrected chi connectivity index (χ4v) is 3.63. The molecule has 168 valence electrons.